The van der Waals surface area contributed by atoms with E-state index in [0.717, 1.165) is 0 Å². The minimum absolute atomic E-state index is 0.129. The monoisotopic (exact) mass is 371 g/mol. The number of carbonyl (C=O) groups is 2. The first kappa shape index (κ1) is 19.0. The number of carbonyl (C=O) groups excluding carboxylic acids is 2. The van der Waals surface area contributed by atoms with Crippen molar-refractivity contribution >= 4 is 11.8 Å². The van der Waals surface area contributed by atoms with Gasteiger partial charge in [0, 0.05) is 37.5 Å². The third-order valence-electron chi connectivity index (χ3n) is 4.76. The second-order valence-electron chi connectivity index (χ2n) is 6.60. The van der Waals surface area contributed by atoms with Crippen LogP contribution < -0.4 is 5.32 Å². The lowest BCUT2D eigenvalue weighted by atomic mass is 10.0. The van der Waals surface area contributed by atoms with Crippen molar-refractivity contribution in [1.82, 2.24) is 15.2 Å². The quantitative estimate of drug-likeness (QED) is 0.835. The number of aliphatic hydroxyl groups is 1. The van der Waals surface area contributed by atoms with Crippen LogP contribution in [0.2, 0.25) is 0 Å². The van der Waals surface area contributed by atoms with Crippen LogP contribution in [0.3, 0.4) is 0 Å². The maximum Gasteiger partial charge on any atom is 0.251 e. The van der Waals surface area contributed by atoms with Gasteiger partial charge in [-0.3, -0.25) is 14.6 Å². The molecule has 0 unspecified atom stereocenters. The Morgan fingerprint density at radius 1 is 1.22 bits per heavy atom. The van der Waals surface area contributed by atoms with Crippen molar-refractivity contribution in [3.63, 3.8) is 0 Å². The van der Waals surface area contributed by atoms with Gasteiger partial charge in [0.2, 0.25) is 5.91 Å². The smallest absolute Gasteiger partial charge is 0.251 e. The average molecular weight is 371 g/mol. The highest BCUT2D eigenvalue weighted by atomic mass is 19.1. The number of aliphatic hydroxyl groups excluding tert-OH is 1. The van der Waals surface area contributed by atoms with Gasteiger partial charge in [-0.25, -0.2) is 4.39 Å². The lowest BCUT2D eigenvalue weighted by Crippen LogP contribution is -2.55. The van der Waals surface area contributed by atoms with Gasteiger partial charge in [0.1, 0.15) is 5.82 Å². The molecule has 142 valence electrons. The summed E-state index contributed by atoms with van der Waals surface area (Å²) in [6, 6.07) is 9.18. The van der Waals surface area contributed by atoms with E-state index in [-0.39, 0.29) is 30.6 Å². The van der Waals surface area contributed by atoms with Crippen LogP contribution in [-0.2, 0) is 11.2 Å². The summed E-state index contributed by atoms with van der Waals surface area (Å²) in [5.74, 6) is -0.722. The number of rotatable bonds is 5. The van der Waals surface area contributed by atoms with Crippen molar-refractivity contribution < 1.29 is 19.1 Å². The fourth-order valence-corrected chi connectivity index (χ4v) is 3.18. The number of amides is 2. The summed E-state index contributed by atoms with van der Waals surface area (Å²) in [6.07, 6.45) is 3.18. The minimum atomic E-state index is -0.845. The number of piperidine rings is 1. The van der Waals surface area contributed by atoms with Crippen LogP contribution in [0.1, 0.15) is 28.8 Å². The predicted molar refractivity (Wildman–Crippen MR) is 97.4 cm³/mol. The molecule has 2 amide bonds. The molecule has 1 aromatic heterocycles. The van der Waals surface area contributed by atoms with E-state index in [4.69, 9.17) is 0 Å². The molecule has 1 saturated heterocycles. The molecular weight excluding hydrogens is 349 g/mol. The number of halogens is 1. The first-order valence-electron chi connectivity index (χ1n) is 8.94. The highest BCUT2D eigenvalue weighted by Gasteiger charge is 2.31. The first-order valence-corrected chi connectivity index (χ1v) is 8.94. The SMILES string of the molecule is O=C(N[C@@H]1CCN(C(=O)CCc2ccccc2F)C[C@H]1O)c1ccncc1. The summed E-state index contributed by atoms with van der Waals surface area (Å²) in [5.41, 5.74) is 0.978. The number of benzene rings is 1. The normalized spacial score (nSPS) is 19.6. The third-order valence-corrected chi connectivity index (χ3v) is 4.76. The first-order chi connectivity index (χ1) is 13.0. The van der Waals surface area contributed by atoms with Gasteiger partial charge in [0.05, 0.1) is 12.1 Å². The van der Waals surface area contributed by atoms with Gasteiger partial charge >= 0.3 is 0 Å². The number of aryl methyl sites for hydroxylation is 1. The zero-order valence-corrected chi connectivity index (χ0v) is 14.8. The number of nitrogens with zero attached hydrogens (tertiary/aromatic N) is 2. The molecule has 2 N–H and O–H groups in total. The summed E-state index contributed by atoms with van der Waals surface area (Å²) in [7, 11) is 0. The molecule has 1 aliphatic heterocycles. The van der Waals surface area contributed by atoms with E-state index < -0.39 is 12.1 Å². The number of hydrogen-bond acceptors (Lipinski definition) is 4. The molecule has 2 heterocycles. The Balaban J connectivity index is 1.50. The number of aromatic nitrogens is 1. The molecule has 0 bridgehead atoms. The highest BCUT2D eigenvalue weighted by Crippen LogP contribution is 2.15. The molecule has 0 radical (unpaired) electrons. The predicted octanol–water partition coefficient (Wildman–Crippen LogP) is 1.55. The molecule has 27 heavy (non-hydrogen) atoms. The van der Waals surface area contributed by atoms with Crippen LogP contribution in [0.5, 0.6) is 0 Å². The van der Waals surface area contributed by atoms with Crippen LogP contribution in [-0.4, -0.2) is 52.0 Å². The lowest BCUT2D eigenvalue weighted by Gasteiger charge is -2.36. The zero-order chi connectivity index (χ0) is 19.2. The van der Waals surface area contributed by atoms with Crippen LogP contribution in [0, 0.1) is 5.82 Å². The molecule has 2 atom stereocenters. The van der Waals surface area contributed by atoms with E-state index in [9.17, 15) is 19.1 Å². The van der Waals surface area contributed by atoms with E-state index in [2.05, 4.69) is 10.3 Å². The second-order valence-corrected chi connectivity index (χ2v) is 6.60. The van der Waals surface area contributed by atoms with Gasteiger partial charge in [0.15, 0.2) is 0 Å². The van der Waals surface area contributed by atoms with Crippen molar-refractivity contribution in [2.45, 2.75) is 31.4 Å². The number of pyridine rings is 1. The molecule has 1 fully saturated rings. The lowest BCUT2D eigenvalue weighted by molar-refractivity contribution is -0.134. The van der Waals surface area contributed by atoms with Crippen LogP contribution in [0.25, 0.3) is 0 Å². The molecule has 1 aromatic carbocycles. The van der Waals surface area contributed by atoms with Crippen LogP contribution in [0.4, 0.5) is 4.39 Å². The molecule has 6 nitrogen and oxygen atoms in total. The maximum atomic E-state index is 13.6. The second kappa shape index (κ2) is 8.73. The fourth-order valence-electron chi connectivity index (χ4n) is 3.18. The zero-order valence-electron chi connectivity index (χ0n) is 14.8. The van der Waals surface area contributed by atoms with Gasteiger partial charge in [-0.05, 0) is 36.6 Å². The number of likely N-dealkylation sites (tertiary alicyclic amines) is 1. The Kier molecular flexibility index (Phi) is 6.13. The molecular formula is C20H22FN3O3. The Morgan fingerprint density at radius 3 is 2.67 bits per heavy atom. The Morgan fingerprint density at radius 2 is 1.96 bits per heavy atom. The topological polar surface area (TPSA) is 82.5 Å². The van der Waals surface area contributed by atoms with Crippen molar-refractivity contribution in [1.29, 1.82) is 0 Å². The summed E-state index contributed by atoms with van der Waals surface area (Å²) in [6.45, 7) is 0.589. The molecule has 3 rings (SSSR count). The molecule has 0 spiro atoms. The highest BCUT2D eigenvalue weighted by molar-refractivity contribution is 5.94. The summed E-state index contributed by atoms with van der Waals surface area (Å²) >= 11 is 0. The van der Waals surface area contributed by atoms with Gasteiger partial charge < -0.3 is 15.3 Å². The molecule has 1 aliphatic rings. The van der Waals surface area contributed by atoms with Gasteiger partial charge in [-0.1, -0.05) is 18.2 Å². The Labute approximate surface area is 157 Å². The number of nitrogens with one attached hydrogen (secondary N) is 1. The Hall–Kier alpha value is -2.80. The van der Waals surface area contributed by atoms with Crippen molar-refractivity contribution in [3.8, 4) is 0 Å². The van der Waals surface area contributed by atoms with E-state index in [1.54, 1.807) is 35.2 Å². The van der Waals surface area contributed by atoms with Crippen molar-refractivity contribution in [3.05, 3.63) is 65.7 Å². The Bertz CT molecular complexity index is 800. The van der Waals surface area contributed by atoms with Crippen molar-refractivity contribution in [2.75, 3.05) is 13.1 Å². The molecule has 7 heteroatoms. The number of β-amino-alcohol motifs (C(OH)–C–C–N with tert-alkyl or cyclic N) is 1. The van der Waals surface area contributed by atoms with E-state index in [1.165, 1.54) is 18.5 Å². The van der Waals surface area contributed by atoms with Crippen molar-refractivity contribution in [2.24, 2.45) is 0 Å². The molecule has 2 aromatic rings. The summed E-state index contributed by atoms with van der Waals surface area (Å²) in [4.78, 5) is 30.0. The summed E-state index contributed by atoms with van der Waals surface area (Å²) < 4.78 is 13.6. The fraction of sp³-hybridized carbons (Fsp3) is 0.350. The molecule has 0 aliphatic carbocycles. The van der Waals surface area contributed by atoms with Gasteiger partial charge in [0.25, 0.3) is 5.91 Å². The van der Waals surface area contributed by atoms with Gasteiger partial charge in [-0.2, -0.15) is 0 Å². The van der Waals surface area contributed by atoms with Crippen LogP contribution in [0.15, 0.2) is 48.8 Å². The van der Waals surface area contributed by atoms with Gasteiger partial charge in [-0.15, -0.1) is 0 Å². The third kappa shape index (κ3) is 4.89. The minimum Gasteiger partial charge on any atom is -0.389 e. The van der Waals surface area contributed by atoms with E-state index in [0.29, 0.717) is 30.5 Å². The van der Waals surface area contributed by atoms with Crippen LogP contribution >= 0.6 is 0 Å². The number of hydrogen-bond donors (Lipinski definition) is 2. The maximum absolute atomic E-state index is 13.6. The standard InChI is InChI=1S/C20H22FN3O3/c21-16-4-2-1-3-14(16)5-6-19(26)24-12-9-17(18(25)13-24)23-20(27)15-7-10-22-11-8-15/h1-4,7-8,10-11,17-18,25H,5-6,9,12-13H2,(H,23,27)/t17-,18-/m1/s1. The molecule has 0 saturated carbocycles. The van der Waals surface area contributed by atoms with E-state index >= 15 is 0 Å². The summed E-state index contributed by atoms with van der Waals surface area (Å²) in [5, 5.41) is 13.1. The largest absolute Gasteiger partial charge is 0.389 e. The van der Waals surface area contributed by atoms with E-state index in [1.807, 2.05) is 0 Å². The average Bonchev–Trinajstić information content (AvgIpc) is 2.69.